The van der Waals surface area contributed by atoms with Gasteiger partial charge in [0.15, 0.2) is 0 Å². The molecule has 0 radical (unpaired) electrons. The van der Waals surface area contributed by atoms with Crippen LogP contribution in [-0.2, 0) is 9.47 Å². The molecule has 0 bridgehead atoms. The molecule has 12 heavy (non-hydrogen) atoms. The molecule has 1 spiro atoms. The predicted octanol–water partition coefficient (Wildman–Crippen LogP) is 0.561. The van der Waals surface area contributed by atoms with Gasteiger partial charge in [-0.1, -0.05) is 6.92 Å². The van der Waals surface area contributed by atoms with Crippen LogP contribution in [0.3, 0.4) is 0 Å². The van der Waals surface area contributed by atoms with Gasteiger partial charge in [0.25, 0.3) is 0 Å². The quantitative estimate of drug-likeness (QED) is 0.628. The lowest BCUT2D eigenvalue weighted by Gasteiger charge is -2.35. The van der Waals surface area contributed by atoms with Crippen LogP contribution in [0.4, 0.5) is 0 Å². The SMILES string of the molecule is CC1COC(CO)C2(CC2C)O1. The number of aliphatic hydroxyl groups excluding tert-OH is 1. The average molecular weight is 172 g/mol. The van der Waals surface area contributed by atoms with E-state index < -0.39 is 0 Å². The van der Waals surface area contributed by atoms with E-state index in [9.17, 15) is 0 Å². The zero-order valence-electron chi connectivity index (χ0n) is 7.62. The highest BCUT2D eigenvalue weighted by Crippen LogP contribution is 2.52. The molecule has 0 amide bonds. The fourth-order valence-corrected chi connectivity index (χ4v) is 2.12. The van der Waals surface area contributed by atoms with E-state index in [0.29, 0.717) is 12.5 Å². The van der Waals surface area contributed by atoms with E-state index in [1.54, 1.807) is 0 Å². The van der Waals surface area contributed by atoms with Gasteiger partial charge in [0.2, 0.25) is 0 Å². The van der Waals surface area contributed by atoms with Crippen molar-refractivity contribution in [1.29, 1.82) is 0 Å². The molecule has 1 aliphatic carbocycles. The topological polar surface area (TPSA) is 38.7 Å². The van der Waals surface area contributed by atoms with Crippen molar-refractivity contribution in [2.45, 2.75) is 38.1 Å². The van der Waals surface area contributed by atoms with Gasteiger partial charge in [0, 0.05) is 0 Å². The van der Waals surface area contributed by atoms with Crippen molar-refractivity contribution in [2.75, 3.05) is 13.2 Å². The Morgan fingerprint density at radius 1 is 1.50 bits per heavy atom. The third kappa shape index (κ3) is 1.08. The molecule has 4 atom stereocenters. The molecular formula is C9H16O3. The van der Waals surface area contributed by atoms with E-state index in [4.69, 9.17) is 14.6 Å². The fourth-order valence-electron chi connectivity index (χ4n) is 2.12. The summed E-state index contributed by atoms with van der Waals surface area (Å²) in [4.78, 5) is 0. The molecule has 1 aliphatic heterocycles. The van der Waals surface area contributed by atoms with Crippen molar-refractivity contribution in [3.05, 3.63) is 0 Å². The van der Waals surface area contributed by atoms with Crippen molar-refractivity contribution in [2.24, 2.45) is 5.92 Å². The molecule has 0 aromatic carbocycles. The summed E-state index contributed by atoms with van der Waals surface area (Å²) >= 11 is 0. The van der Waals surface area contributed by atoms with E-state index >= 15 is 0 Å². The van der Waals surface area contributed by atoms with Gasteiger partial charge in [-0.3, -0.25) is 0 Å². The summed E-state index contributed by atoms with van der Waals surface area (Å²) < 4.78 is 11.3. The lowest BCUT2D eigenvalue weighted by molar-refractivity contribution is -0.204. The normalized spacial score (nSPS) is 52.8. The first kappa shape index (κ1) is 8.48. The standard InChI is InChI=1S/C9H16O3/c1-6-3-9(6)8(4-10)11-5-7(2)12-9/h6-8,10H,3-5H2,1-2H3. The zero-order valence-corrected chi connectivity index (χ0v) is 7.62. The Morgan fingerprint density at radius 3 is 2.67 bits per heavy atom. The molecule has 3 heteroatoms. The van der Waals surface area contributed by atoms with Gasteiger partial charge in [0.05, 0.1) is 24.9 Å². The lowest BCUT2D eigenvalue weighted by atomic mass is 10.1. The average Bonchev–Trinajstić information content (AvgIpc) is 2.62. The molecule has 1 saturated heterocycles. The second-order valence-electron chi connectivity index (χ2n) is 3.99. The first-order valence-corrected chi connectivity index (χ1v) is 4.59. The van der Waals surface area contributed by atoms with E-state index in [1.807, 2.05) is 6.92 Å². The van der Waals surface area contributed by atoms with Gasteiger partial charge >= 0.3 is 0 Å². The minimum absolute atomic E-state index is 0.0804. The highest BCUT2D eigenvalue weighted by atomic mass is 16.6. The first-order chi connectivity index (χ1) is 5.69. The Balaban J connectivity index is 2.07. The van der Waals surface area contributed by atoms with Gasteiger partial charge in [-0.25, -0.2) is 0 Å². The van der Waals surface area contributed by atoms with Crippen molar-refractivity contribution >= 4 is 0 Å². The number of rotatable bonds is 1. The van der Waals surface area contributed by atoms with Gasteiger partial charge in [-0.05, 0) is 19.3 Å². The lowest BCUT2D eigenvalue weighted by Crippen LogP contribution is -2.47. The van der Waals surface area contributed by atoms with Crippen LogP contribution < -0.4 is 0 Å². The predicted molar refractivity (Wildman–Crippen MR) is 43.9 cm³/mol. The molecule has 70 valence electrons. The maximum Gasteiger partial charge on any atom is 0.110 e. The van der Waals surface area contributed by atoms with Crippen molar-refractivity contribution in [3.8, 4) is 0 Å². The highest BCUT2D eigenvalue weighted by Gasteiger charge is 2.60. The van der Waals surface area contributed by atoms with Crippen LogP contribution in [0.15, 0.2) is 0 Å². The van der Waals surface area contributed by atoms with Crippen LogP contribution in [0.2, 0.25) is 0 Å². The van der Waals surface area contributed by atoms with Gasteiger partial charge in [-0.15, -0.1) is 0 Å². The summed E-state index contributed by atoms with van der Waals surface area (Å²) in [7, 11) is 0. The second-order valence-corrected chi connectivity index (χ2v) is 3.99. The number of ether oxygens (including phenoxy) is 2. The monoisotopic (exact) mass is 172 g/mol. The third-order valence-corrected chi connectivity index (χ3v) is 2.96. The van der Waals surface area contributed by atoms with E-state index in [2.05, 4.69) is 6.92 Å². The minimum Gasteiger partial charge on any atom is -0.394 e. The Kier molecular flexibility index (Phi) is 1.90. The fraction of sp³-hybridized carbons (Fsp3) is 1.00. The maximum atomic E-state index is 9.07. The number of aliphatic hydroxyl groups is 1. The van der Waals surface area contributed by atoms with E-state index in [-0.39, 0.29) is 24.4 Å². The summed E-state index contributed by atoms with van der Waals surface area (Å²) in [6.45, 7) is 4.85. The van der Waals surface area contributed by atoms with E-state index in [1.165, 1.54) is 0 Å². The highest BCUT2D eigenvalue weighted by molar-refractivity contribution is 5.10. The van der Waals surface area contributed by atoms with Crippen molar-refractivity contribution in [1.82, 2.24) is 0 Å². The minimum atomic E-state index is -0.146. The molecular weight excluding hydrogens is 156 g/mol. The van der Waals surface area contributed by atoms with Crippen LogP contribution in [0.1, 0.15) is 20.3 Å². The van der Waals surface area contributed by atoms with Crippen LogP contribution in [0, 0.1) is 5.92 Å². The van der Waals surface area contributed by atoms with E-state index in [0.717, 1.165) is 6.42 Å². The number of hydrogen-bond acceptors (Lipinski definition) is 3. The summed E-state index contributed by atoms with van der Waals surface area (Å²) in [6, 6.07) is 0. The van der Waals surface area contributed by atoms with Crippen LogP contribution in [0.5, 0.6) is 0 Å². The Hall–Kier alpha value is -0.120. The van der Waals surface area contributed by atoms with Gasteiger partial charge < -0.3 is 14.6 Å². The maximum absolute atomic E-state index is 9.07. The smallest absolute Gasteiger partial charge is 0.110 e. The Morgan fingerprint density at radius 2 is 2.17 bits per heavy atom. The van der Waals surface area contributed by atoms with Crippen LogP contribution in [0.25, 0.3) is 0 Å². The molecule has 1 saturated carbocycles. The molecule has 2 aliphatic rings. The van der Waals surface area contributed by atoms with Crippen molar-refractivity contribution in [3.63, 3.8) is 0 Å². The molecule has 2 rings (SSSR count). The first-order valence-electron chi connectivity index (χ1n) is 4.59. The van der Waals surface area contributed by atoms with Gasteiger partial charge in [-0.2, -0.15) is 0 Å². The van der Waals surface area contributed by atoms with Crippen molar-refractivity contribution < 1.29 is 14.6 Å². The molecule has 2 fully saturated rings. The molecule has 1 N–H and O–H groups in total. The van der Waals surface area contributed by atoms with Crippen LogP contribution in [-0.4, -0.2) is 36.1 Å². The molecule has 4 unspecified atom stereocenters. The third-order valence-electron chi connectivity index (χ3n) is 2.96. The summed E-state index contributed by atoms with van der Waals surface area (Å²) in [5.41, 5.74) is -0.146. The molecule has 0 aromatic heterocycles. The zero-order chi connectivity index (χ0) is 8.77. The Bertz CT molecular complexity index is 183. The largest absolute Gasteiger partial charge is 0.394 e. The molecule has 3 nitrogen and oxygen atoms in total. The second kappa shape index (κ2) is 2.69. The van der Waals surface area contributed by atoms with Gasteiger partial charge in [0.1, 0.15) is 6.10 Å². The molecule has 0 aromatic rings. The summed E-state index contributed by atoms with van der Waals surface area (Å²) in [6.07, 6.45) is 1.11. The number of hydrogen-bond donors (Lipinski definition) is 1. The summed E-state index contributed by atoms with van der Waals surface area (Å²) in [5, 5.41) is 9.07. The molecule has 1 heterocycles. The van der Waals surface area contributed by atoms with Crippen LogP contribution >= 0.6 is 0 Å². The Labute approximate surface area is 72.7 Å². The summed E-state index contributed by atoms with van der Waals surface area (Å²) in [5.74, 6) is 0.539.